The molecule has 1 N–H and O–H groups in total. The summed E-state index contributed by atoms with van der Waals surface area (Å²) in [6, 6.07) is 9.81. The topological polar surface area (TPSA) is 79.7 Å². The van der Waals surface area contributed by atoms with Crippen LogP contribution in [0.4, 0.5) is 17.6 Å². The molecule has 0 saturated carbocycles. The molecule has 0 unspecified atom stereocenters. The van der Waals surface area contributed by atoms with Crippen LogP contribution in [0.5, 0.6) is 0 Å². The number of fused-ring (bicyclic) bond motifs is 1. The van der Waals surface area contributed by atoms with Gasteiger partial charge in [0.05, 0.1) is 12.2 Å². The first-order chi connectivity index (χ1) is 10.9. The summed E-state index contributed by atoms with van der Waals surface area (Å²) in [5.74, 6) is 1.16. The van der Waals surface area contributed by atoms with Crippen LogP contribution in [0.25, 0.3) is 0 Å². The summed E-state index contributed by atoms with van der Waals surface area (Å²) in [6.45, 7) is 1.40. The smallest absolute Gasteiger partial charge is 0.231 e. The second kappa shape index (κ2) is 5.36. The maximum atomic E-state index is 4.48. The van der Waals surface area contributed by atoms with Gasteiger partial charge in [-0.15, -0.1) is 0 Å². The summed E-state index contributed by atoms with van der Waals surface area (Å²) in [4.78, 5) is 23.3. The second-order valence-corrected chi connectivity index (χ2v) is 4.95. The van der Waals surface area contributed by atoms with Crippen molar-refractivity contribution in [3.8, 4) is 0 Å². The van der Waals surface area contributed by atoms with Crippen LogP contribution in [0.3, 0.4) is 0 Å². The van der Waals surface area contributed by atoms with Crippen molar-refractivity contribution in [1.29, 1.82) is 0 Å². The number of aromatic nitrogens is 5. The lowest BCUT2D eigenvalue weighted by Gasteiger charge is -2.15. The molecule has 0 fully saturated rings. The third kappa shape index (κ3) is 2.44. The van der Waals surface area contributed by atoms with Gasteiger partial charge in [-0.05, 0) is 12.1 Å². The van der Waals surface area contributed by atoms with Gasteiger partial charge in [-0.3, -0.25) is 0 Å². The zero-order valence-corrected chi connectivity index (χ0v) is 11.7. The van der Waals surface area contributed by atoms with Gasteiger partial charge in [-0.1, -0.05) is 18.2 Å². The molecule has 1 aliphatic heterocycles. The molecule has 4 rings (SSSR count). The summed E-state index contributed by atoms with van der Waals surface area (Å²) >= 11 is 0. The van der Waals surface area contributed by atoms with Gasteiger partial charge in [0.25, 0.3) is 0 Å². The Bertz CT molecular complexity index is 766. The van der Waals surface area contributed by atoms with Crippen molar-refractivity contribution in [1.82, 2.24) is 24.9 Å². The van der Waals surface area contributed by atoms with Gasteiger partial charge < -0.3 is 10.2 Å². The van der Waals surface area contributed by atoms with Crippen LogP contribution >= 0.6 is 0 Å². The van der Waals surface area contributed by atoms with Crippen molar-refractivity contribution in [3.05, 3.63) is 60.4 Å². The number of rotatable bonds is 3. The first-order valence-corrected chi connectivity index (χ1v) is 6.92. The molecule has 7 heteroatoms. The van der Waals surface area contributed by atoms with Crippen molar-refractivity contribution < 1.29 is 0 Å². The Morgan fingerprint density at radius 2 is 1.86 bits per heavy atom. The van der Waals surface area contributed by atoms with E-state index in [9.17, 15) is 0 Å². The molecule has 0 spiro atoms. The zero-order chi connectivity index (χ0) is 14.8. The number of para-hydroxylation sites is 1. The molecule has 0 aliphatic carbocycles. The average molecular weight is 291 g/mol. The van der Waals surface area contributed by atoms with Crippen molar-refractivity contribution in [2.45, 2.75) is 13.1 Å². The van der Waals surface area contributed by atoms with Gasteiger partial charge >= 0.3 is 0 Å². The summed E-state index contributed by atoms with van der Waals surface area (Å²) in [7, 11) is 0. The highest BCUT2D eigenvalue weighted by atomic mass is 15.3. The Morgan fingerprint density at radius 3 is 2.73 bits per heavy atom. The molecule has 2 aromatic heterocycles. The summed E-state index contributed by atoms with van der Waals surface area (Å²) in [5, 5.41) is 3.17. The van der Waals surface area contributed by atoms with E-state index in [2.05, 4.69) is 35.1 Å². The molecule has 3 aromatic rings. The molecule has 0 amide bonds. The van der Waals surface area contributed by atoms with Crippen LogP contribution in [0, 0.1) is 0 Å². The summed E-state index contributed by atoms with van der Waals surface area (Å²) in [5.41, 5.74) is 3.07. The van der Waals surface area contributed by atoms with Gasteiger partial charge in [-0.2, -0.15) is 4.98 Å². The van der Waals surface area contributed by atoms with Crippen LogP contribution in [-0.4, -0.2) is 24.9 Å². The van der Waals surface area contributed by atoms with E-state index in [1.54, 1.807) is 6.33 Å². The van der Waals surface area contributed by atoms with Crippen molar-refractivity contribution >= 4 is 17.6 Å². The molecular formula is C15H13N7. The van der Waals surface area contributed by atoms with Gasteiger partial charge in [0.15, 0.2) is 0 Å². The summed E-state index contributed by atoms with van der Waals surface area (Å²) < 4.78 is 0. The molecule has 7 nitrogen and oxygen atoms in total. The molecule has 0 saturated heterocycles. The minimum absolute atomic E-state index is 0.526. The van der Waals surface area contributed by atoms with Crippen molar-refractivity contribution in [2.24, 2.45) is 0 Å². The fourth-order valence-electron chi connectivity index (χ4n) is 2.39. The molecule has 108 valence electrons. The number of benzene rings is 1. The van der Waals surface area contributed by atoms with Crippen LogP contribution in [0.2, 0.25) is 0 Å². The SMILES string of the molecule is c1ccc(Nc2ncnc(N3Cc4cncnc4C3)n2)cc1. The Kier molecular flexibility index (Phi) is 3.08. The molecule has 0 radical (unpaired) electrons. The molecule has 1 aliphatic rings. The molecule has 1 aromatic carbocycles. The highest BCUT2D eigenvalue weighted by molar-refractivity contribution is 5.53. The van der Waals surface area contributed by atoms with Crippen LogP contribution in [0.1, 0.15) is 11.3 Å². The zero-order valence-electron chi connectivity index (χ0n) is 11.7. The highest BCUT2D eigenvalue weighted by Gasteiger charge is 2.22. The lowest BCUT2D eigenvalue weighted by Crippen LogP contribution is -2.18. The van der Waals surface area contributed by atoms with Crippen LogP contribution in [-0.2, 0) is 13.1 Å². The van der Waals surface area contributed by atoms with Crippen LogP contribution < -0.4 is 10.2 Å². The van der Waals surface area contributed by atoms with Gasteiger partial charge in [0.1, 0.15) is 12.7 Å². The number of anilines is 3. The quantitative estimate of drug-likeness (QED) is 0.789. The van der Waals surface area contributed by atoms with Crippen LogP contribution in [0.15, 0.2) is 49.2 Å². The predicted molar refractivity (Wildman–Crippen MR) is 81.5 cm³/mol. The largest absolute Gasteiger partial charge is 0.330 e. The third-order valence-electron chi connectivity index (χ3n) is 3.46. The van der Waals surface area contributed by atoms with E-state index >= 15 is 0 Å². The molecule has 0 bridgehead atoms. The molecule has 0 atom stereocenters. The first-order valence-electron chi connectivity index (χ1n) is 6.92. The highest BCUT2D eigenvalue weighted by Crippen LogP contribution is 2.24. The van der Waals surface area contributed by atoms with Crippen molar-refractivity contribution in [3.63, 3.8) is 0 Å². The Balaban J connectivity index is 1.56. The number of nitrogens with one attached hydrogen (secondary N) is 1. The first kappa shape index (κ1) is 12.6. The Morgan fingerprint density at radius 1 is 0.955 bits per heavy atom. The number of nitrogens with zero attached hydrogens (tertiary/aromatic N) is 6. The third-order valence-corrected chi connectivity index (χ3v) is 3.46. The number of hydrogen-bond acceptors (Lipinski definition) is 7. The van der Waals surface area contributed by atoms with Gasteiger partial charge in [0.2, 0.25) is 11.9 Å². The number of hydrogen-bond donors (Lipinski definition) is 1. The minimum Gasteiger partial charge on any atom is -0.330 e. The lowest BCUT2D eigenvalue weighted by atomic mass is 10.3. The summed E-state index contributed by atoms with van der Waals surface area (Å²) in [6.07, 6.45) is 4.92. The fraction of sp³-hybridized carbons (Fsp3) is 0.133. The average Bonchev–Trinajstić information content (AvgIpc) is 3.00. The maximum Gasteiger partial charge on any atom is 0.231 e. The van der Waals surface area contributed by atoms with E-state index in [1.165, 1.54) is 6.33 Å². The standard InChI is InChI=1S/C15H13N7/c1-2-4-12(5-3-1)20-14-18-10-19-15(21-14)22-7-11-6-16-9-17-13(11)8-22/h1-6,9-10H,7-8H2,(H,18,19,20,21). The Labute approximate surface area is 127 Å². The van der Waals surface area contributed by atoms with E-state index in [1.807, 2.05) is 36.5 Å². The minimum atomic E-state index is 0.526. The van der Waals surface area contributed by atoms with Crippen molar-refractivity contribution in [2.75, 3.05) is 10.2 Å². The normalized spacial score (nSPS) is 13.0. The lowest BCUT2D eigenvalue weighted by molar-refractivity contribution is 0.813. The Hall–Kier alpha value is -3.09. The van der Waals surface area contributed by atoms with E-state index < -0.39 is 0 Å². The molecule has 22 heavy (non-hydrogen) atoms. The van der Waals surface area contributed by atoms with E-state index in [0.717, 1.165) is 16.9 Å². The fourth-order valence-corrected chi connectivity index (χ4v) is 2.39. The predicted octanol–water partition coefficient (Wildman–Crippen LogP) is 1.93. The van der Waals surface area contributed by atoms with E-state index in [4.69, 9.17) is 0 Å². The molecular weight excluding hydrogens is 278 g/mol. The van der Waals surface area contributed by atoms with Gasteiger partial charge in [0, 0.05) is 24.0 Å². The molecule has 3 heterocycles. The monoisotopic (exact) mass is 291 g/mol. The van der Waals surface area contributed by atoms with E-state index in [-0.39, 0.29) is 0 Å². The van der Waals surface area contributed by atoms with E-state index in [0.29, 0.717) is 25.0 Å². The maximum absolute atomic E-state index is 4.48. The van der Waals surface area contributed by atoms with Gasteiger partial charge in [-0.25, -0.2) is 19.9 Å². The second-order valence-electron chi connectivity index (χ2n) is 4.95.